The zero-order valence-corrected chi connectivity index (χ0v) is 15.9. The molecule has 4 nitrogen and oxygen atoms in total. The maximum atomic E-state index is 13.0. The Hall–Kier alpha value is -0.910. The fraction of sp³-hybridized carbons (Fsp3) is 0.632. The minimum atomic E-state index is -1.21. The highest BCUT2D eigenvalue weighted by Gasteiger charge is 2.55. The molecule has 0 aliphatic carbocycles. The largest absolute Gasteiger partial charge is 0.336 e. The van der Waals surface area contributed by atoms with Gasteiger partial charge in [-0.25, -0.2) is 0 Å². The van der Waals surface area contributed by atoms with Crippen LogP contribution in [0.3, 0.4) is 0 Å². The minimum absolute atomic E-state index is 0.0703. The van der Waals surface area contributed by atoms with Crippen LogP contribution in [0, 0.1) is 0 Å². The van der Waals surface area contributed by atoms with Crippen molar-refractivity contribution in [3.8, 4) is 0 Å². The van der Waals surface area contributed by atoms with Crippen LogP contribution < -0.4 is 4.90 Å². The van der Waals surface area contributed by atoms with Gasteiger partial charge in [0.25, 0.3) is 11.7 Å². The number of ether oxygens (including phenoxy) is 2. The van der Waals surface area contributed by atoms with E-state index in [-0.39, 0.29) is 5.91 Å². The van der Waals surface area contributed by atoms with Crippen molar-refractivity contribution in [1.82, 2.24) is 0 Å². The van der Waals surface area contributed by atoms with Gasteiger partial charge in [-0.3, -0.25) is 4.79 Å². The molecule has 3 rings (SSSR count). The number of hydrogen-bond donors (Lipinski definition) is 0. The number of benzene rings is 1. The maximum absolute atomic E-state index is 13.0. The Labute approximate surface area is 152 Å². The average Bonchev–Trinajstić information content (AvgIpc) is 3.15. The molecule has 1 aromatic rings. The third kappa shape index (κ3) is 3.39. The molecule has 0 unspecified atom stereocenters. The van der Waals surface area contributed by atoms with Crippen LogP contribution in [0.4, 0.5) is 5.69 Å². The Kier molecular flexibility index (Phi) is 5.95. The van der Waals surface area contributed by atoms with E-state index in [1.165, 1.54) is 32.1 Å². The molecule has 0 N–H and O–H groups in total. The van der Waals surface area contributed by atoms with Crippen LogP contribution in [-0.2, 0) is 20.1 Å². The van der Waals surface area contributed by atoms with E-state index in [2.05, 4.69) is 22.9 Å². The van der Waals surface area contributed by atoms with Crippen LogP contribution in [0.25, 0.3) is 0 Å². The van der Waals surface area contributed by atoms with Crippen LogP contribution in [0.1, 0.15) is 57.4 Å². The van der Waals surface area contributed by atoms with Crippen molar-refractivity contribution in [3.63, 3.8) is 0 Å². The molecule has 0 saturated carbocycles. The molecular weight excluding hydrogens is 370 g/mol. The number of nitrogens with zero attached hydrogens (tertiary/aromatic N) is 1. The van der Waals surface area contributed by atoms with Crippen LogP contribution in [0.2, 0.25) is 0 Å². The normalized spacial score (nSPS) is 18.6. The Morgan fingerprint density at radius 1 is 1.08 bits per heavy atom. The van der Waals surface area contributed by atoms with Crippen LogP contribution in [0.15, 0.2) is 22.7 Å². The summed E-state index contributed by atoms with van der Waals surface area (Å²) in [6.07, 6.45) is 8.63. The number of carbonyl (C=O) groups excluding carboxylic acids is 1. The van der Waals surface area contributed by atoms with Gasteiger partial charge in [-0.2, -0.15) is 0 Å². The Morgan fingerprint density at radius 3 is 2.46 bits per heavy atom. The number of unbranched alkanes of at least 4 members (excludes halogenated alkanes) is 6. The van der Waals surface area contributed by atoms with E-state index in [1.54, 1.807) is 0 Å². The Bertz CT molecular complexity index is 584. The third-order valence-corrected chi connectivity index (χ3v) is 5.30. The first-order chi connectivity index (χ1) is 11.7. The lowest BCUT2D eigenvalue weighted by Crippen LogP contribution is -2.41. The molecule has 24 heavy (non-hydrogen) atoms. The number of rotatable bonds is 8. The highest BCUT2D eigenvalue weighted by atomic mass is 79.9. The van der Waals surface area contributed by atoms with Gasteiger partial charge in [0.2, 0.25) is 0 Å². The second-order valence-electron chi connectivity index (χ2n) is 6.55. The lowest BCUT2D eigenvalue weighted by molar-refractivity contribution is -0.180. The summed E-state index contributed by atoms with van der Waals surface area (Å²) in [5.41, 5.74) is 1.76. The zero-order chi connectivity index (χ0) is 17.0. The van der Waals surface area contributed by atoms with Gasteiger partial charge in [0, 0.05) is 16.6 Å². The van der Waals surface area contributed by atoms with Gasteiger partial charge in [-0.15, -0.1) is 0 Å². The van der Waals surface area contributed by atoms with E-state index < -0.39 is 5.79 Å². The predicted molar refractivity (Wildman–Crippen MR) is 98.1 cm³/mol. The molecule has 1 amide bonds. The summed E-state index contributed by atoms with van der Waals surface area (Å²) in [5, 5.41) is 0. The first-order valence-corrected chi connectivity index (χ1v) is 9.88. The predicted octanol–water partition coefficient (Wildman–Crippen LogP) is 4.75. The van der Waals surface area contributed by atoms with Gasteiger partial charge in [-0.1, -0.05) is 61.4 Å². The van der Waals surface area contributed by atoms with Crippen LogP contribution >= 0.6 is 15.9 Å². The summed E-state index contributed by atoms with van der Waals surface area (Å²) in [6, 6.07) is 5.90. The van der Waals surface area contributed by atoms with Crippen molar-refractivity contribution in [1.29, 1.82) is 0 Å². The number of fused-ring (bicyclic) bond motifs is 2. The summed E-state index contributed by atoms with van der Waals surface area (Å²) in [5.74, 6) is -1.28. The standard InChI is InChI=1S/C19H26BrNO3/c1-2-3-4-5-6-7-8-11-21-17-10-9-15(20)14-16(17)19(18(21)22)23-12-13-24-19/h9-10,14H,2-8,11-13H2,1H3. The van der Waals surface area contributed by atoms with Gasteiger partial charge in [-0.05, 0) is 24.6 Å². The summed E-state index contributed by atoms with van der Waals surface area (Å²) < 4.78 is 12.5. The van der Waals surface area contributed by atoms with E-state index >= 15 is 0 Å². The molecule has 2 aliphatic heterocycles. The highest BCUT2D eigenvalue weighted by molar-refractivity contribution is 9.10. The molecule has 1 aromatic carbocycles. The van der Waals surface area contributed by atoms with Crippen LogP contribution in [0.5, 0.6) is 0 Å². The van der Waals surface area contributed by atoms with Gasteiger partial charge in [0.05, 0.1) is 18.9 Å². The van der Waals surface area contributed by atoms with E-state index in [0.717, 1.165) is 35.1 Å². The topological polar surface area (TPSA) is 38.8 Å². The number of carbonyl (C=O) groups is 1. The molecular formula is C19H26BrNO3. The van der Waals surface area contributed by atoms with Gasteiger partial charge >= 0.3 is 0 Å². The van der Waals surface area contributed by atoms with Gasteiger partial charge < -0.3 is 14.4 Å². The molecule has 1 fully saturated rings. The lowest BCUT2D eigenvalue weighted by atomic mass is 10.1. The Balaban J connectivity index is 1.63. The number of halogens is 1. The van der Waals surface area contributed by atoms with Crippen molar-refractivity contribution < 1.29 is 14.3 Å². The molecule has 2 aliphatic rings. The summed E-state index contributed by atoms with van der Waals surface area (Å²) in [7, 11) is 0. The molecule has 132 valence electrons. The van der Waals surface area contributed by atoms with Crippen LogP contribution in [-0.4, -0.2) is 25.7 Å². The second-order valence-corrected chi connectivity index (χ2v) is 7.47. The highest BCUT2D eigenvalue weighted by Crippen LogP contribution is 2.46. The average molecular weight is 396 g/mol. The molecule has 5 heteroatoms. The van der Waals surface area contributed by atoms with Crippen molar-refractivity contribution in [2.24, 2.45) is 0 Å². The minimum Gasteiger partial charge on any atom is -0.336 e. The molecule has 0 atom stereocenters. The summed E-state index contributed by atoms with van der Waals surface area (Å²) in [6.45, 7) is 3.89. The maximum Gasteiger partial charge on any atom is 0.292 e. The molecule has 0 radical (unpaired) electrons. The smallest absolute Gasteiger partial charge is 0.292 e. The SMILES string of the molecule is CCCCCCCCCN1C(=O)C2(OCCO2)c2cc(Br)ccc21. The number of amides is 1. The molecule has 0 bridgehead atoms. The first-order valence-electron chi connectivity index (χ1n) is 9.09. The third-order valence-electron chi connectivity index (χ3n) is 4.81. The number of hydrogen-bond acceptors (Lipinski definition) is 3. The number of anilines is 1. The fourth-order valence-corrected chi connectivity index (χ4v) is 3.91. The zero-order valence-electron chi connectivity index (χ0n) is 14.4. The lowest BCUT2D eigenvalue weighted by Gasteiger charge is -2.22. The van der Waals surface area contributed by atoms with E-state index in [9.17, 15) is 4.79 Å². The molecule has 2 heterocycles. The Morgan fingerprint density at radius 2 is 1.75 bits per heavy atom. The van der Waals surface area contributed by atoms with Crippen molar-refractivity contribution >= 4 is 27.5 Å². The van der Waals surface area contributed by atoms with E-state index in [0.29, 0.717) is 13.2 Å². The molecule has 0 aromatic heterocycles. The van der Waals surface area contributed by atoms with E-state index in [4.69, 9.17) is 9.47 Å². The van der Waals surface area contributed by atoms with Crippen molar-refractivity contribution in [2.45, 2.75) is 57.7 Å². The quantitative estimate of drug-likeness (QED) is 0.596. The first kappa shape index (κ1) is 17.9. The second kappa shape index (κ2) is 7.98. The summed E-state index contributed by atoms with van der Waals surface area (Å²) in [4.78, 5) is 14.8. The summed E-state index contributed by atoms with van der Waals surface area (Å²) >= 11 is 3.49. The fourth-order valence-electron chi connectivity index (χ4n) is 3.55. The molecule has 1 spiro atoms. The monoisotopic (exact) mass is 395 g/mol. The molecule has 1 saturated heterocycles. The van der Waals surface area contributed by atoms with Gasteiger partial charge in [0.15, 0.2) is 0 Å². The van der Waals surface area contributed by atoms with E-state index in [1.807, 2.05) is 23.1 Å². The van der Waals surface area contributed by atoms with Crippen molar-refractivity contribution in [2.75, 3.05) is 24.7 Å². The van der Waals surface area contributed by atoms with Gasteiger partial charge in [0.1, 0.15) is 0 Å². The van der Waals surface area contributed by atoms with Crippen molar-refractivity contribution in [3.05, 3.63) is 28.2 Å².